The lowest BCUT2D eigenvalue weighted by Gasteiger charge is -2.28. The van der Waals surface area contributed by atoms with Crippen LogP contribution in [0.1, 0.15) is 48.5 Å². The highest BCUT2D eigenvalue weighted by Crippen LogP contribution is 2.29. The molecule has 1 aliphatic heterocycles. The predicted molar refractivity (Wildman–Crippen MR) is 151 cm³/mol. The Kier molecular flexibility index (Phi) is 9.31. The lowest BCUT2D eigenvalue weighted by Crippen LogP contribution is -2.40. The highest BCUT2D eigenvalue weighted by Gasteiger charge is 2.28. The van der Waals surface area contributed by atoms with Crippen LogP contribution in [0, 0.1) is 6.57 Å². The number of anilines is 1. The van der Waals surface area contributed by atoms with Crippen LogP contribution < -0.4 is 10.6 Å². The van der Waals surface area contributed by atoms with E-state index in [1.54, 1.807) is 25.1 Å². The monoisotopic (exact) mass is 541 g/mol. The molecule has 0 atom stereocenters. The summed E-state index contributed by atoms with van der Waals surface area (Å²) in [5.41, 5.74) is 3.65. The Morgan fingerprint density at radius 1 is 1.05 bits per heavy atom. The average molecular weight is 542 g/mol. The van der Waals surface area contributed by atoms with Crippen LogP contribution in [0.3, 0.4) is 0 Å². The fraction of sp³-hybridized carbons (Fsp3) is 0.300. The number of H-pyrrole nitrogens is 1. The molecule has 2 heterocycles. The highest BCUT2D eigenvalue weighted by molar-refractivity contribution is 6.45. The van der Waals surface area contributed by atoms with Crippen molar-refractivity contribution in [2.24, 2.45) is 0 Å². The number of para-hydroxylation sites is 1. The molecule has 0 unspecified atom stereocenters. The van der Waals surface area contributed by atoms with Gasteiger partial charge in [-0.3, -0.25) is 14.4 Å². The maximum Gasteiger partial charge on any atom is 0.319 e. The third-order valence-electron chi connectivity index (χ3n) is 6.70. The Labute approximate surface area is 232 Å². The number of piperidine rings is 1. The zero-order valence-electron chi connectivity index (χ0n) is 22.3. The molecular formula is C30H31N5O5. The Bertz CT molecular complexity index is 1480. The first-order valence-corrected chi connectivity index (χ1v) is 13.2. The number of aromatic amines is 1. The molecule has 3 amide bonds. The normalized spacial score (nSPS) is 12.9. The van der Waals surface area contributed by atoms with Crippen LogP contribution in [-0.4, -0.2) is 59.8 Å². The summed E-state index contributed by atoms with van der Waals surface area (Å²) in [4.78, 5) is 58.4. The molecule has 3 N–H and O–H groups in total. The molecule has 1 aliphatic rings. The smallest absolute Gasteiger partial charge is 0.319 e. The van der Waals surface area contributed by atoms with E-state index in [-0.39, 0.29) is 18.0 Å². The van der Waals surface area contributed by atoms with Crippen molar-refractivity contribution in [1.29, 1.82) is 0 Å². The molecule has 0 spiro atoms. The number of fused-ring (bicyclic) bond motifs is 1. The van der Waals surface area contributed by atoms with Crippen molar-refractivity contribution in [3.63, 3.8) is 0 Å². The van der Waals surface area contributed by atoms with E-state index >= 15 is 0 Å². The Hall–Kier alpha value is -4.91. The third kappa shape index (κ3) is 6.56. The van der Waals surface area contributed by atoms with Crippen LogP contribution >= 0.6 is 0 Å². The minimum absolute atomic E-state index is 0.211. The van der Waals surface area contributed by atoms with E-state index in [0.717, 1.165) is 11.1 Å². The molecule has 3 aromatic rings. The number of amides is 3. The standard InChI is InChI=1S/C30H31N5O5/c1-3-40-25(36)13-8-16-32-30(39)34-24-12-7-11-22-23(19-33-27(22)24)28(37)29(38)35-17-14-21(15-18-35)26(31-2)20-9-5-4-6-10-20/h4-7,9-12,19,33H,3,8,13-18H2,1H3,(H2,32,34,39). The van der Waals surface area contributed by atoms with Crippen molar-refractivity contribution in [2.75, 3.05) is 31.6 Å². The molecule has 1 saturated heterocycles. The van der Waals surface area contributed by atoms with E-state index in [1.165, 1.54) is 11.1 Å². The number of hydrogen-bond acceptors (Lipinski definition) is 5. The van der Waals surface area contributed by atoms with Gasteiger partial charge in [-0.1, -0.05) is 48.0 Å². The molecule has 0 saturated carbocycles. The number of urea groups is 1. The number of ether oxygens (including phenoxy) is 1. The molecule has 0 aliphatic carbocycles. The second-order valence-corrected chi connectivity index (χ2v) is 9.27. The number of aromatic nitrogens is 1. The summed E-state index contributed by atoms with van der Waals surface area (Å²) in [6.45, 7) is 10.7. The van der Waals surface area contributed by atoms with Crippen LogP contribution in [0.15, 0.2) is 60.3 Å². The molecule has 0 bridgehead atoms. The van der Waals surface area contributed by atoms with Crippen molar-refractivity contribution >= 4 is 46.0 Å². The number of carbonyl (C=O) groups excluding carboxylic acids is 4. The van der Waals surface area contributed by atoms with Gasteiger partial charge in [-0.15, -0.1) is 0 Å². The lowest BCUT2D eigenvalue weighted by atomic mass is 9.97. The van der Waals surface area contributed by atoms with Crippen LogP contribution in [0.5, 0.6) is 0 Å². The van der Waals surface area contributed by atoms with E-state index in [0.29, 0.717) is 67.8 Å². The molecular weight excluding hydrogens is 510 g/mol. The van der Waals surface area contributed by atoms with Gasteiger partial charge < -0.3 is 25.3 Å². The number of nitrogens with zero attached hydrogens (tertiary/aromatic N) is 2. The largest absolute Gasteiger partial charge is 0.466 e. The number of carbonyl (C=O) groups is 4. The summed E-state index contributed by atoms with van der Waals surface area (Å²) < 4.78 is 4.87. The summed E-state index contributed by atoms with van der Waals surface area (Å²) in [6, 6.07) is 14.1. The van der Waals surface area contributed by atoms with Crippen LogP contribution in [-0.2, 0) is 14.3 Å². The number of benzene rings is 2. The van der Waals surface area contributed by atoms with Crippen molar-refractivity contribution in [3.05, 3.63) is 82.8 Å². The summed E-state index contributed by atoms with van der Waals surface area (Å²) in [5.74, 6) is -1.54. The molecule has 4 rings (SSSR count). The van der Waals surface area contributed by atoms with Gasteiger partial charge in [0, 0.05) is 37.6 Å². The molecule has 0 radical (unpaired) electrons. The molecule has 40 heavy (non-hydrogen) atoms. The van der Waals surface area contributed by atoms with Gasteiger partial charge in [-0.05, 0) is 37.8 Å². The summed E-state index contributed by atoms with van der Waals surface area (Å²) in [6.07, 6.45) is 3.20. The van der Waals surface area contributed by atoms with Gasteiger partial charge in [0.25, 0.3) is 11.7 Å². The second-order valence-electron chi connectivity index (χ2n) is 9.27. The SMILES string of the molecule is [C-]#[N+]C(=C1CCN(C(=O)C(=O)c2c[nH]c3c(NC(=O)NCCCC(=O)OCC)cccc23)CC1)c1ccccc1. The Balaban J connectivity index is 1.38. The number of hydrogen-bond donors (Lipinski definition) is 3. The number of rotatable bonds is 9. The maximum absolute atomic E-state index is 13.2. The molecule has 10 nitrogen and oxygen atoms in total. The van der Waals surface area contributed by atoms with Gasteiger partial charge in [-0.2, -0.15) is 0 Å². The molecule has 1 fully saturated rings. The fourth-order valence-corrected chi connectivity index (χ4v) is 4.70. The Morgan fingerprint density at radius 2 is 1.80 bits per heavy atom. The van der Waals surface area contributed by atoms with Crippen molar-refractivity contribution in [3.8, 4) is 0 Å². The summed E-state index contributed by atoms with van der Waals surface area (Å²) in [7, 11) is 0. The molecule has 10 heteroatoms. The quantitative estimate of drug-likeness (QED) is 0.118. The van der Waals surface area contributed by atoms with Gasteiger partial charge in [0.05, 0.1) is 29.9 Å². The number of esters is 1. The number of likely N-dealkylation sites (tertiary alicyclic amines) is 1. The van der Waals surface area contributed by atoms with E-state index in [1.807, 2.05) is 30.3 Å². The first-order valence-electron chi connectivity index (χ1n) is 13.2. The molecule has 2 aromatic carbocycles. The zero-order valence-corrected chi connectivity index (χ0v) is 22.3. The van der Waals surface area contributed by atoms with Gasteiger partial charge in [0.1, 0.15) is 0 Å². The first kappa shape index (κ1) is 28.1. The second kappa shape index (κ2) is 13.2. The van der Waals surface area contributed by atoms with Crippen LogP contribution in [0.2, 0.25) is 0 Å². The minimum Gasteiger partial charge on any atom is -0.466 e. The highest BCUT2D eigenvalue weighted by atomic mass is 16.5. The van der Waals surface area contributed by atoms with Gasteiger partial charge in [0.15, 0.2) is 5.70 Å². The topological polar surface area (TPSA) is 125 Å². The molecule has 1 aromatic heterocycles. The van der Waals surface area contributed by atoms with Crippen molar-refractivity contribution < 1.29 is 23.9 Å². The fourth-order valence-electron chi connectivity index (χ4n) is 4.70. The van der Waals surface area contributed by atoms with Crippen molar-refractivity contribution in [2.45, 2.75) is 32.6 Å². The van der Waals surface area contributed by atoms with Gasteiger partial charge in [-0.25, -0.2) is 9.64 Å². The van der Waals surface area contributed by atoms with Crippen LogP contribution in [0.25, 0.3) is 21.4 Å². The first-order chi connectivity index (χ1) is 19.4. The third-order valence-corrected chi connectivity index (χ3v) is 6.70. The van der Waals surface area contributed by atoms with E-state index in [4.69, 9.17) is 11.3 Å². The predicted octanol–water partition coefficient (Wildman–Crippen LogP) is 4.77. The summed E-state index contributed by atoms with van der Waals surface area (Å²) >= 11 is 0. The number of nitrogens with one attached hydrogen (secondary N) is 3. The van der Waals surface area contributed by atoms with Gasteiger partial charge in [0.2, 0.25) is 0 Å². The number of Topliss-reactive ketones (excluding diaryl/α,β-unsaturated/α-hetero) is 1. The van der Waals surface area contributed by atoms with E-state index in [2.05, 4.69) is 20.5 Å². The van der Waals surface area contributed by atoms with E-state index < -0.39 is 17.7 Å². The minimum atomic E-state index is -0.632. The maximum atomic E-state index is 13.2. The Morgan fingerprint density at radius 3 is 2.50 bits per heavy atom. The van der Waals surface area contributed by atoms with E-state index in [9.17, 15) is 19.2 Å². The lowest BCUT2D eigenvalue weighted by molar-refractivity contribution is -0.143. The average Bonchev–Trinajstić information content (AvgIpc) is 3.41. The van der Waals surface area contributed by atoms with Crippen molar-refractivity contribution in [1.82, 2.24) is 15.2 Å². The molecule has 206 valence electrons. The number of ketones is 1. The van der Waals surface area contributed by atoms with Gasteiger partial charge >= 0.3 is 12.0 Å². The summed E-state index contributed by atoms with van der Waals surface area (Å²) in [5, 5.41) is 5.96. The van der Waals surface area contributed by atoms with Crippen LogP contribution in [0.4, 0.5) is 10.5 Å². The zero-order chi connectivity index (χ0) is 28.5.